The molecular weight excluding hydrogens is 287 g/mol. The Balaban J connectivity index is 2.35. The average molecular weight is 298 g/mol. The van der Waals surface area contributed by atoms with E-state index in [1.807, 2.05) is 13.0 Å². The first-order valence-electron chi connectivity index (χ1n) is 6.53. The molecule has 0 saturated carbocycles. The Bertz CT molecular complexity index is 915. The van der Waals surface area contributed by atoms with E-state index in [4.69, 9.17) is 0 Å². The number of benzene rings is 2. The van der Waals surface area contributed by atoms with E-state index in [9.17, 15) is 19.3 Å². The van der Waals surface area contributed by atoms with E-state index in [0.717, 1.165) is 23.8 Å². The number of halogens is 1. The lowest BCUT2D eigenvalue weighted by molar-refractivity contribution is -0.384. The Morgan fingerprint density at radius 2 is 2.05 bits per heavy atom. The highest BCUT2D eigenvalue weighted by molar-refractivity contribution is 6.05. The Labute approximate surface area is 124 Å². The summed E-state index contributed by atoms with van der Waals surface area (Å²) >= 11 is 0. The van der Waals surface area contributed by atoms with Gasteiger partial charge in [0.2, 0.25) is 0 Å². The number of aryl methyl sites for hydroxylation is 1. The van der Waals surface area contributed by atoms with Crippen LogP contribution in [-0.2, 0) is 0 Å². The zero-order valence-electron chi connectivity index (χ0n) is 11.6. The van der Waals surface area contributed by atoms with Gasteiger partial charge in [-0.05, 0) is 18.6 Å². The number of nitro benzene ring substituents is 1. The second-order valence-corrected chi connectivity index (χ2v) is 4.95. The van der Waals surface area contributed by atoms with Gasteiger partial charge in [-0.15, -0.1) is 0 Å². The Hall–Kier alpha value is -3.02. The zero-order chi connectivity index (χ0) is 15.9. The fourth-order valence-electron chi connectivity index (χ4n) is 2.54. The van der Waals surface area contributed by atoms with E-state index in [1.165, 1.54) is 0 Å². The monoisotopic (exact) mass is 298 g/mol. The van der Waals surface area contributed by atoms with Crippen LogP contribution in [-0.4, -0.2) is 16.2 Å². The number of carbonyl (C=O) groups is 1. The SMILES string of the molecule is Cc1cccc2c(C=O)c(-c3cc([N+](=O)[O-])ccc3F)[nH]c12. The lowest BCUT2D eigenvalue weighted by atomic mass is 10.0. The number of aromatic nitrogens is 1. The first-order chi connectivity index (χ1) is 10.5. The molecule has 0 amide bonds. The van der Waals surface area contributed by atoms with Crippen LogP contribution in [0.4, 0.5) is 10.1 Å². The van der Waals surface area contributed by atoms with Crippen molar-refractivity contribution >= 4 is 22.9 Å². The summed E-state index contributed by atoms with van der Waals surface area (Å²) in [6, 6.07) is 8.66. The summed E-state index contributed by atoms with van der Waals surface area (Å²) in [5.41, 5.74) is 1.93. The van der Waals surface area contributed by atoms with Crippen molar-refractivity contribution in [3.63, 3.8) is 0 Å². The number of H-pyrrole nitrogens is 1. The van der Waals surface area contributed by atoms with Gasteiger partial charge in [0.05, 0.1) is 10.6 Å². The van der Waals surface area contributed by atoms with Gasteiger partial charge in [0.15, 0.2) is 6.29 Å². The lowest BCUT2D eigenvalue weighted by Gasteiger charge is -2.02. The van der Waals surface area contributed by atoms with Crippen LogP contribution in [0.1, 0.15) is 15.9 Å². The number of fused-ring (bicyclic) bond motifs is 1. The molecule has 0 spiro atoms. The van der Waals surface area contributed by atoms with Crippen molar-refractivity contribution in [2.24, 2.45) is 0 Å². The number of non-ortho nitro benzene ring substituents is 1. The molecule has 3 aromatic rings. The molecule has 1 heterocycles. The van der Waals surface area contributed by atoms with Crippen LogP contribution in [0.25, 0.3) is 22.2 Å². The quantitative estimate of drug-likeness (QED) is 0.451. The molecule has 2 aromatic carbocycles. The molecule has 0 saturated heterocycles. The fourth-order valence-corrected chi connectivity index (χ4v) is 2.54. The second-order valence-electron chi connectivity index (χ2n) is 4.95. The maximum Gasteiger partial charge on any atom is 0.270 e. The molecule has 3 rings (SSSR count). The van der Waals surface area contributed by atoms with E-state index in [0.29, 0.717) is 17.2 Å². The Morgan fingerprint density at radius 3 is 2.73 bits per heavy atom. The summed E-state index contributed by atoms with van der Waals surface area (Å²) in [4.78, 5) is 24.7. The third kappa shape index (κ3) is 2.05. The number of hydrogen-bond acceptors (Lipinski definition) is 3. The summed E-state index contributed by atoms with van der Waals surface area (Å²) < 4.78 is 14.1. The van der Waals surface area contributed by atoms with Crippen LogP contribution in [0.3, 0.4) is 0 Å². The second kappa shape index (κ2) is 5.07. The molecule has 0 aliphatic carbocycles. The number of nitrogens with zero attached hydrogens (tertiary/aromatic N) is 1. The first kappa shape index (κ1) is 13.9. The third-order valence-electron chi connectivity index (χ3n) is 3.63. The standard InChI is InChI=1S/C16H11FN2O3/c1-9-3-2-4-11-13(8-20)16(18-15(9)11)12-7-10(19(21)22)5-6-14(12)17/h2-8,18H,1H3. The van der Waals surface area contributed by atoms with Crippen molar-refractivity contribution in [2.75, 3.05) is 0 Å². The van der Waals surface area contributed by atoms with Crippen molar-refractivity contribution in [3.8, 4) is 11.3 Å². The van der Waals surface area contributed by atoms with Crippen LogP contribution >= 0.6 is 0 Å². The zero-order valence-corrected chi connectivity index (χ0v) is 11.6. The molecule has 0 radical (unpaired) electrons. The van der Waals surface area contributed by atoms with Crippen LogP contribution in [0, 0.1) is 22.9 Å². The highest BCUT2D eigenvalue weighted by atomic mass is 19.1. The van der Waals surface area contributed by atoms with Gasteiger partial charge in [-0.2, -0.15) is 0 Å². The predicted molar refractivity (Wildman–Crippen MR) is 80.5 cm³/mol. The topological polar surface area (TPSA) is 76.0 Å². The predicted octanol–water partition coefficient (Wildman–Crippen LogP) is 4.00. The lowest BCUT2D eigenvalue weighted by Crippen LogP contribution is -1.93. The van der Waals surface area contributed by atoms with Crippen LogP contribution < -0.4 is 0 Å². The van der Waals surface area contributed by atoms with Crippen molar-refractivity contribution in [1.29, 1.82) is 0 Å². The summed E-state index contributed by atoms with van der Waals surface area (Å²) in [6.45, 7) is 1.86. The molecule has 1 N–H and O–H groups in total. The van der Waals surface area contributed by atoms with Gasteiger partial charge in [-0.25, -0.2) is 4.39 Å². The highest BCUT2D eigenvalue weighted by Gasteiger charge is 2.19. The average Bonchev–Trinajstić information content (AvgIpc) is 2.87. The Morgan fingerprint density at radius 1 is 1.27 bits per heavy atom. The molecule has 110 valence electrons. The maximum atomic E-state index is 14.1. The molecule has 0 fully saturated rings. The Kier molecular flexibility index (Phi) is 3.21. The minimum atomic E-state index is -0.627. The molecule has 22 heavy (non-hydrogen) atoms. The van der Waals surface area contributed by atoms with E-state index >= 15 is 0 Å². The van der Waals surface area contributed by atoms with E-state index < -0.39 is 10.7 Å². The van der Waals surface area contributed by atoms with Crippen molar-refractivity contribution in [2.45, 2.75) is 6.92 Å². The van der Waals surface area contributed by atoms with Crippen LogP contribution in [0.5, 0.6) is 0 Å². The molecule has 0 aliphatic heterocycles. The number of rotatable bonds is 3. The molecule has 1 aromatic heterocycles. The number of nitrogens with one attached hydrogen (secondary N) is 1. The highest BCUT2D eigenvalue weighted by Crippen LogP contribution is 2.33. The third-order valence-corrected chi connectivity index (χ3v) is 3.63. The first-order valence-corrected chi connectivity index (χ1v) is 6.53. The van der Waals surface area contributed by atoms with Crippen molar-refractivity contribution in [3.05, 3.63) is 63.5 Å². The minimum Gasteiger partial charge on any atom is -0.354 e. The number of para-hydroxylation sites is 1. The van der Waals surface area contributed by atoms with E-state index in [1.54, 1.807) is 12.1 Å². The van der Waals surface area contributed by atoms with E-state index in [-0.39, 0.29) is 22.5 Å². The molecular formula is C16H11FN2O3. The maximum absolute atomic E-state index is 14.1. The summed E-state index contributed by atoms with van der Waals surface area (Å²) in [5.74, 6) is -0.627. The molecule has 0 aliphatic rings. The van der Waals surface area contributed by atoms with Gasteiger partial charge in [0.1, 0.15) is 5.82 Å². The summed E-state index contributed by atoms with van der Waals surface area (Å²) in [6.07, 6.45) is 0.631. The normalized spacial score (nSPS) is 10.8. The molecule has 0 atom stereocenters. The van der Waals surface area contributed by atoms with Crippen molar-refractivity contribution < 1.29 is 14.1 Å². The molecule has 0 unspecified atom stereocenters. The number of nitro groups is 1. The van der Waals surface area contributed by atoms with Gasteiger partial charge in [0.25, 0.3) is 5.69 Å². The van der Waals surface area contributed by atoms with Crippen molar-refractivity contribution in [1.82, 2.24) is 4.98 Å². The minimum absolute atomic E-state index is 0.00639. The summed E-state index contributed by atoms with van der Waals surface area (Å²) in [7, 11) is 0. The smallest absolute Gasteiger partial charge is 0.270 e. The number of aldehydes is 1. The number of carbonyl (C=O) groups excluding carboxylic acids is 1. The summed E-state index contributed by atoms with van der Waals surface area (Å²) in [5, 5.41) is 11.5. The molecule has 0 bridgehead atoms. The van der Waals surface area contributed by atoms with Crippen LogP contribution in [0.2, 0.25) is 0 Å². The largest absolute Gasteiger partial charge is 0.354 e. The van der Waals surface area contributed by atoms with E-state index in [2.05, 4.69) is 4.98 Å². The van der Waals surface area contributed by atoms with Gasteiger partial charge in [0, 0.05) is 34.2 Å². The van der Waals surface area contributed by atoms with Gasteiger partial charge in [-0.1, -0.05) is 18.2 Å². The van der Waals surface area contributed by atoms with Gasteiger partial charge < -0.3 is 4.98 Å². The van der Waals surface area contributed by atoms with Gasteiger partial charge in [-0.3, -0.25) is 14.9 Å². The number of hydrogen-bond donors (Lipinski definition) is 1. The number of aromatic amines is 1. The fraction of sp³-hybridized carbons (Fsp3) is 0.0625. The van der Waals surface area contributed by atoms with Gasteiger partial charge >= 0.3 is 0 Å². The molecule has 6 heteroatoms. The van der Waals surface area contributed by atoms with Crippen LogP contribution in [0.15, 0.2) is 36.4 Å². The molecule has 5 nitrogen and oxygen atoms in total.